The predicted molar refractivity (Wildman–Crippen MR) is 124 cm³/mol. The molecule has 10 heteroatoms. The van der Waals surface area contributed by atoms with Gasteiger partial charge in [0.1, 0.15) is 17.3 Å². The molecule has 2 aliphatic heterocycles. The largest absolute Gasteiger partial charge is 0.479 e. The highest BCUT2D eigenvalue weighted by Gasteiger charge is 2.51. The molecule has 2 aromatic rings. The standard InChI is InChI=1S/C24H31FN6O3/c1-3-34-23(32)31-15-24(16-31)5-4-18(13-24)29-8-10-30(11-9-29)21-19(12-17(25)14-28-21)20-22(33-2)27-7-6-26-20/h6-7,12,14,18H,3-5,8-11,13,15-16H2,1-2H3/t18-/m1/s1. The summed E-state index contributed by atoms with van der Waals surface area (Å²) in [4.78, 5) is 31.6. The maximum absolute atomic E-state index is 14.1. The fraction of sp³-hybridized carbons (Fsp3) is 0.583. The summed E-state index contributed by atoms with van der Waals surface area (Å²) in [6.07, 6.45) is 7.63. The molecule has 9 nitrogen and oxygen atoms in total. The lowest BCUT2D eigenvalue weighted by molar-refractivity contribution is -0.00294. The van der Waals surface area contributed by atoms with Gasteiger partial charge in [-0.25, -0.2) is 24.1 Å². The van der Waals surface area contributed by atoms with E-state index in [1.807, 2.05) is 11.8 Å². The number of amides is 1. The maximum atomic E-state index is 14.1. The number of likely N-dealkylation sites (tertiary alicyclic amines) is 1. The molecule has 1 saturated carbocycles. The lowest BCUT2D eigenvalue weighted by Crippen LogP contribution is -2.58. The highest BCUT2D eigenvalue weighted by molar-refractivity contribution is 5.76. The van der Waals surface area contributed by atoms with Crippen molar-refractivity contribution in [3.05, 3.63) is 30.5 Å². The Bertz CT molecular complexity index is 1040. The topological polar surface area (TPSA) is 83.9 Å². The molecule has 2 aromatic heterocycles. The molecule has 3 aliphatic rings. The average molecular weight is 471 g/mol. The van der Waals surface area contributed by atoms with Gasteiger partial charge in [-0.1, -0.05) is 0 Å². The van der Waals surface area contributed by atoms with Crippen LogP contribution in [-0.4, -0.2) is 89.9 Å². The van der Waals surface area contributed by atoms with Gasteiger partial charge in [0.15, 0.2) is 0 Å². The average Bonchev–Trinajstić information content (AvgIpc) is 3.29. The molecule has 1 spiro atoms. The molecular formula is C24H31FN6O3. The van der Waals surface area contributed by atoms with Crippen molar-refractivity contribution < 1.29 is 18.7 Å². The second-order valence-corrected chi connectivity index (χ2v) is 9.41. The third-order valence-electron chi connectivity index (χ3n) is 7.33. The minimum Gasteiger partial charge on any atom is -0.479 e. The predicted octanol–water partition coefficient (Wildman–Crippen LogP) is 2.82. The summed E-state index contributed by atoms with van der Waals surface area (Å²) >= 11 is 0. The number of ether oxygens (including phenoxy) is 2. The molecule has 34 heavy (non-hydrogen) atoms. The Labute approximate surface area is 198 Å². The number of methoxy groups -OCH3 is 1. The van der Waals surface area contributed by atoms with E-state index in [9.17, 15) is 9.18 Å². The first kappa shape index (κ1) is 22.8. The van der Waals surface area contributed by atoms with Crippen molar-refractivity contribution in [3.63, 3.8) is 0 Å². The Morgan fingerprint density at radius 1 is 1.18 bits per heavy atom. The van der Waals surface area contributed by atoms with Crippen LogP contribution >= 0.6 is 0 Å². The summed E-state index contributed by atoms with van der Waals surface area (Å²) in [7, 11) is 1.53. The molecule has 3 fully saturated rings. The minimum absolute atomic E-state index is 0.187. The van der Waals surface area contributed by atoms with E-state index in [-0.39, 0.29) is 11.5 Å². The number of piperazine rings is 1. The zero-order valence-electron chi connectivity index (χ0n) is 19.7. The maximum Gasteiger partial charge on any atom is 0.409 e. The van der Waals surface area contributed by atoms with Crippen molar-refractivity contribution in [2.24, 2.45) is 5.41 Å². The third-order valence-corrected chi connectivity index (χ3v) is 7.33. The van der Waals surface area contributed by atoms with E-state index >= 15 is 0 Å². The molecule has 0 bridgehead atoms. The highest BCUT2D eigenvalue weighted by atomic mass is 19.1. The number of aromatic nitrogens is 3. The quantitative estimate of drug-likeness (QED) is 0.660. The molecule has 182 valence electrons. The van der Waals surface area contributed by atoms with Gasteiger partial charge in [0, 0.05) is 63.1 Å². The molecule has 0 aromatic carbocycles. The van der Waals surface area contributed by atoms with E-state index in [1.165, 1.54) is 19.4 Å². The normalized spacial score (nSPS) is 22.0. The molecule has 0 radical (unpaired) electrons. The first-order valence-corrected chi connectivity index (χ1v) is 11.9. The summed E-state index contributed by atoms with van der Waals surface area (Å²) in [5, 5.41) is 0. The fourth-order valence-electron chi connectivity index (χ4n) is 5.70. The SMILES string of the molecule is CCOC(=O)N1CC2(CC[C@@H](N3CCN(c4ncc(F)cc4-c4nccnc4OC)CC3)C2)C1. The first-order valence-electron chi connectivity index (χ1n) is 11.9. The molecule has 1 aliphatic carbocycles. The van der Waals surface area contributed by atoms with Crippen LogP contribution in [0.1, 0.15) is 26.2 Å². The van der Waals surface area contributed by atoms with Gasteiger partial charge in [-0.2, -0.15) is 0 Å². The van der Waals surface area contributed by atoms with E-state index in [4.69, 9.17) is 9.47 Å². The van der Waals surface area contributed by atoms with E-state index < -0.39 is 5.82 Å². The van der Waals surface area contributed by atoms with E-state index in [2.05, 4.69) is 24.8 Å². The summed E-state index contributed by atoms with van der Waals surface area (Å²) < 4.78 is 24.6. The smallest absolute Gasteiger partial charge is 0.409 e. The van der Waals surface area contributed by atoms with Gasteiger partial charge in [-0.15, -0.1) is 0 Å². The number of carbonyl (C=O) groups excluding carboxylic acids is 1. The number of nitrogens with zero attached hydrogens (tertiary/aromatic N) is 6. The van der Waals surface area contributed by atoms with Crippen LogP contribution < -0.4 is 9.64 Å². The zero-order chi connectivity index (χ0) is 23.7. The van der Waals surface area contributed by atoms with Crippen molar-refractivity contribution in [1.82, 2.24) is 24.8 Å². The van der Waals surface area contributed by atoms with Crippen LogP contribution in [0.25, 0.3) is 11.3 Å². The number of halogens is 1. The van der Waals surface area contributed by atoms with Crippen LogP contribution in [0.15, 0.2) is 24.7 Å². The van der Waals surface area contributed by atoms with Gasteiger partial charge in [-0.3, -0.25) is 4.90 Å². The van der Waals surface area contributed by atoms with Crippen LogP contribution in [-0.2, 0) is 4.74 Å². The molecule has 4 heterocycles. The van der Waals surface area contributed by atoms with E-state index in [1.54, 1.807) is 12.4 Å². The summed E-state index contributed by atoms with van der Waals surface area (Å²) in [6, 6.07) is 1.99. The van der Waals surface area contributed by atoms with Crippen molar-refractivity contribution in [3.8, 4) is 17.1 Å². The van der Waals surface area contributed by atoms with Crippen LogP contribution in [0.4, 0.5) is 15.0 Å². The fourth-order valence-corrected chi connectivity index (χ4v) is 5.70. The molecule has 1 amide bonds. The van der Waals surface area contributed by atoms with Gasteiger partial charge >= 0.3 is 6.09 Å². The Hall–Kier alpha value is -3.01. The highest BCUT2D eigenvalue weighted by Crippen LogP contribution is 2.47. The van der Waals surface area contributed by atoms with E-state index in [0.717, 1.165) is 58.5 Å². The second kappa shape index (κ2) is 9.32. The number of pyridine rings is 1. The molecule has 2 saturated heterocycles. The number of hydrogen-bond donors (Lipinski definition) is 0. The molecule has 0 N–H and O–H groups in total. The molecule has 5 rings (SSSR count). The zero-order valence-corrected chi connectivity index (χ0v) is 19.7. The van der Waals surface area contributed by atoms with Gasteiger partial charge in [-0.05, 0) is 32.3 Å². The summed E-state index contributed by atoms with van der Waals surface area (Å²) in [5.74, 6) is 0.633. The van der Waals surface area contributed by atoms with Crippen LogP contribution in [0.2, 0.25) is 0 Å². The number of hydrogen-bond acceptors (Lipinski definition) is 8. The van der Waals surface area contributed by atoms with Crippen LogP contribution in [0.3, 0.4) is 0 Å². The number of rotatable bonds is 5. The number of anilines is 1. The second-order valence-electron chi connectivity index (χ2n) is 9.41. The summed E-state index contributed by atoms with van der Waals surface area (Å²) in [5.41, 5.74) is 1.33. The Balaban J connectivity index is 1.23. The van der Waals surface area contributed by atoms with Gasteiger partial charge < -0.3 is 19.3 Å². The monoisotopic (exact) mass is 470 g/mol. The van der Waals surface area contributed by atoms with Crippen LogP contribution in [0.5, 0.6) is 5.88 Å². The Kier molecular flexibility index (Phi) is 6.24. The van der Waals surface area contributed by atoms with Crippen molar-refractivity contribution >= 4 is 11.9 Å². The van der Waals surface area contributed by atoms with Gasteiger partial charge in [0.25, 0.3) is 0 Å². The molecule has 1 atom stereocenters. The Morgan fingerprint density at radius 2 is 1.94 bits per heavy atom. The third kappa shape index (κ3) is 4.26. The lowest BCUT2D eigenvalue weighted by atomic mass is 9.78. The van der Waals surface area contributed by atoms with Crippen molar-refractivity contribution in [1.29, 1.82) is 0 Å². The van der Waals surface area contributed by atoms with Gasteiger partial charge in [0.05, 0.1) is 25.5 Å². The number of carbonyl (C=O) groups is 1. The molecule has 0 unspecified atom stereocenters. The first-order chi connectivity index (χ1) is 16.5. The van der Waals surface area contributed by atoms with Gasteiger partial charge in [0.2, 0.25) is 5.88 Å². The van der Waals surface area contributed by atoms with Crippen molar-refractivity contribution in [2.75, 3.05) is 57.9 Å². The van der Waals surface area contributed by atoms with Crippen molar-refractivity contribution in [2.45, 2.75) is 32.2 Å². The lowest BCUT2D eigenvalue weighted by Gasteiger charge is -2.48. The summed E-state index contributed by atoms with van der Waals surface area (Å²) in [6.45, 7) is 7.31. The Morgan fingerprint density at radius 3 is 2.68 bits per heavy atom. The molecular weight excluding hydrogens is 439 g/mol. The minimum atomic E-state index is -0.418. The van der Waals surface area contributed by atoms with Crippen LogP contribution in [0, 0.1) is 11.2 Å². The van der Waals surface area contributed by atoms with E-state index in [0.29, 0.717) is 35.6 Å².